The number of carbonyl (C=O) groups is 1. The summed E-state index contributed by atoms with van der Waals surface area (Å²) < 4.78 is 15.2. The van der Waals surface area contributed by atoms with E-state index in [9.17, 15) is 15.0 Å². The number of esters is 1. The van der Waals surface area contributed by atoms with Gasteiger partial charge in [-0.2, -0.15) is 0 Å². The summed E-state index contributed by atoms with van der Waals surface area (Å²) in [6.45, 7) is 1.90. The molecule has 0 aromatic heterocycles. The third-order valence-electron chi connectivity index (χ3n) is 4.28. The molecular weight excluding hydrogens is 240 g/mol. The number of aliphatic hydroxyl groups excluding tert-OH is 2. The van der Waals surface area contributed by atoms with Crippen molar-refractivity contribution in [3.8, 4) is 0 Å². The number of ether oxygens (including phenoxy) is 3. The van der Waals surface area contributed by atoms with Crippen molar-refractivity contribution in [2.45, 2.75) is 32.0 Å². The first kappa shape index (κ1) is 13.7. The van der Waals surface area contributed by atoms with Gasteiger partial charge in [-0.15, -0.1) is 0 Å². The fraction of sp³-hybridized carbons (Fsp3) is 0.917. The van der Waals surface area contributed by atoms with Crippen LogP contribution in [-0.4, -0.2) is 49.1 Å². The first-order valence-corrected chi connectivity index (χ1v) is 6.13. The predicted molar refractivity (Wildman–Crippen MR) is 60.2 cm³/mol. The fourth-order valence-corrected chi connectivity index (χ4v) is 3.30. The van der Waals surface area contributed by atoms with Crippen molar-refractivity contribution in [3.05, 3.63) is 0 Å². The fourth-order valence-electron chi connectivity index (χ4n) is 3.30. The van der Waals surface area contributed by atoms with E-state index in [4.69, 9.17) is 14.2 Å². The number of aliphatic hydroxyl groups is 2. The molecule has 2 aliphatic rings. The Morgan fingerprint density at radius 3 is 2.56 bits per heavy atom. The van der Waals surface area contributed by atoms with Gasteiger partial charge in [-0.25, -0.2) is 0 Å². The van der Waals surface area contributed by atoms with Crippen molar-refractivity contribution in [2.75, 3.05) is 14.2 Å². The SMILES string of the molecule is COC(=O)[C@H]1[C@H]2C[C@H](O)[C@H](C)[C@H]2[C@H](OC)O[C@H]1O. The van der Waals surface area contributed by atoms with Crippen molar-refractivity contribution in [3.63, 3.8) is 0 Å². The second-order valence-corrected chi connectivity index (χ2v) is 5.08. The molecule has 7 atom stereocenters. The molecule has 2 rings (SSSR count). The van der Waals surface area contributed by atoms with Gasteiger partial charge >= 0.3 is 5.97 Å². The first-order chi connectivity index (χ1) is 8.51. The second-order valence-electron chi connectivity index (χ2n) is 5.08. The van der Waals surface area contributed by atoms with Crippen LogP contribution in [0, 0.1) is 23.7 Å². The number of hydrogen-bond donors (Lipinski definition) is 2. The highest BCUT2D eigenvalue weighted by atomic mass is 16.7. The number of carbonyl (C=O) groups excluding carboxylic acids is 1. The Morgan fingerprint density at radius 1 is 1.33 bits per heavy atom. The zero-order valence-corrected chi connectivity index (χ0v) is 10.8. The summed E-state index contributed by atoms with van der Waals surface area (Å²) in [5.74, 6) is -1.60. The molecule has 1 saturated carbocycles. The first-order valence-electron chi connectivity index (χ1n) is 6.13. The summed E-state index contributed by atoms with van der Waals surface area (Å²) in [5, 5.41) is 19.9. The van der Waals surface area contributed by atoms with Crippen LogP contribution >= 0.6 is 0 Å². The van der Waals surface area contributed by atoms with Gasteiger partial charge in [0.25, 0.3) is 0 Å². The van der Waals surface area contributed by atoms with E-state index in [1.54, 1.807) is 0 Å². The lowest BCUT2D eigenvalue weighted by atomic mass is 9.78. The molecule has 0 aromatic carbocycles. The van der Waals surface area contributed by atoms with Crippen LogP contribution in [-0.2, 0) is 19.0 Å². The van der Waals surface area contributed by atoms with E-state index in [0.29, 0.717) is 6.42 Å². The maximum absolute atomic E-state index is 11.7. The molecule has 0 amide bonds. The minimum atomic E-state index is -1.25. The molecular formula is C12H20O6. The molecule has 0 radical (unpaired) electrons. The number of fused-ring (bicyclic) bond motifs is 1. The van der Waals surface area contributed by atoms with Crippen LogP contribution in [0.15, 0.2) is 0 Å². The summed E-state index contributed by atoms with van der Waals surface area (Å²) >= 11 is 0. The largest absolute Gasteiger partial charge is 0.469 e. The molecule has 0 spiro atoms. The highest BCUT2D eigenvalue weighted by molar-refractivity contribution is 5.73. The van der Waals surface area contributed by atoms with Gasteiger partial charge in [0.2, 0.25) is 0 Å². The zero-order valence-electron chi connectivity index (χ0n) is 10.8. The van der Waals surface area contributed by atoms with Crippen LogP contribution < -0.4 is 0 Å². The molecule has 1 aliphatic heterocycles. The van der Waals surface area contributed by atoms with Gasteiger partial charge < -0.3 is 24.4 Å². The molecule has 0 aromatic rings. The average molecular weight is 260 g/mol. The number of methoxy groups -OCH3 is 2. The van der Waals surface area contributed by atoms with Crippen LogP contribution in [0.4, 0.5) is 0 Å². The molecule has 6 heteroatoms. The topological polar surface area (TPSA) is 85.2 Å². The average Bonchev–Trinajstić information content (AvgIpc) is 2.64. The van der Waals surface area contributed by atoms with Gasteiger partial charge in [0.15, 0.2) is 12.6 Å². The molecule has 1 aliphatic carbocycles. The van der Waals surface area contributed by atoms with Crippen molar-refractivity contribution >= 4 is 5.97 Å². The van der Waals surface area contributed by atoms with Crippen LogP contribution in [0.3, 0.4) is 0 Å². The molecule has 104 valence electrons. The van der Waals surface area contributed by atoms with Crippen LogP contribution in [0.1, 0.15) is 13.3 Å². The highest BCUT2D eigenvalue weighted by Gasteiger charge is 2.56. The van der Waals surface area contributed by atoms with Gasteiger partial charge in [0, 0.05) is 13.0 Å². The van der Waals surface area contributed by atoms with Gasteiger partial charge in [-0.05, 0) is 18.3 Å². The summed E-state index contributed by atoms with van der Waals surface area (Å²) in [6.07, 6.45) is -1.91. The second kappa shape index (κ2) is 5.13. The Morgan fingerprint density at radius 2 is 2.00 bits per heavy atom. The molecule has 2 fully saturated rings. The summed E-state index contributed by atoms with van der Waals surface area (Å²) in [4.78, 5) is 11.7. The van der Waals surface area contributed by atoms with Gasteiger partial charge in [-0.3, -0.25) is 4.79 Å². The summed E-state index contributed by atoms with van der Waals surface area (Å²) in [7, 11) is 2.77. The normalized spacial score (nSPS) is 47.7. The van der Waals surface area contributed by atoms with E-state index in [1.165, 1.54) is 14.2 Å². The quantitative estimate of drug-likeness (QED) is 0.665. The molecule has 18 heavy (non-hydrogen) atoms. The molecule has 1 saturated heterocycles. The minimum absolute atomic E-state index is 0.0420. The lowest BCUT2D eigenvalue weighted by Crippen LogP contribution is -2.51. The van der Waals surface area contributed by atoms with Crippen molar-refractivity contribution in [1.29, 1.82) is 0 Å². The lowest BCUT2D eigenvalue weighted by Gasteiger charge is -2.41. The standard InChI is InChI=1S/C12H20O6/c1-5-7(13)4-6-8(5)12(17-3)18-11(15)9(6)10(14)16-2/h5-9,11-13,15H,4H2,1-3H3/t5-,6-,7-,8+,9+,11+,12+/m0/s1. The summed E-state index contributed by atoms with van der Waals surface area (Å²) in [6, 6.07) is 0. The summed E-state index contributed by atoms with van der Waals surface area (Å²) in [5.41, 5.74) is 0. The van der Waals surface area contributed by atoms with Crippen molar-refractivity contribution in [1.82, 2.24) is 0 Å². The molecule has 6 nitrogen and oxygen atoms in total. The van der Waals surface area contributed by atoms with Gasteiger partial charge in [0.05, 0.1) is 13.2 Å². The van der Waals surface area contributed by atoms with Gasteiger partial charge in [-0.1, -0.05) is 6.92 Å². The minimum Gasteiger partial charge on any atom is -0.469 e. The Bertz CT molecular complexity index is 320. The Hall–Kier alpha value is -0.690. The van der Waals surface area contributed by atoms with E-state index in [-0.39, 0.29) is 17.8 Å². The Labute approximate surface area is 106 Å². The molecule has 2 N–H and O–H groups in total. The monoisotopic (exact) mass is 260 g/mol. The van der Waals surface area contributed by atoms with E-state index in [1.807, 2.05) is 6.92 Å². The highest BCUT2D eigenvalue weighted by Crippen LogP contribution is 2.48. The van der Waals surface area contributed by atoms with Crippen LogP contribution in [0.5, 0.6) is 0 Å². The maximum atomic E-state index is 11.7. The van der Waals surface area contributed by atoms with E-state index in [0.717, 1.165) is 0 Å². The third kappa shape index (κ3) is 2.03. The van der Waals surface area contributed by atoms with Crippen LogP contribution in [0.2, 0.25) is 0 Å². The van der Waals surface area contributed by atoms with E-state index in [2.05, 4.69) is 0 Å². The Balaban J connectivity index is 2.27. The zero-order chi connectivity index (χ0) is 13.4. The maximum Gasteiger partial charge on any atom is 0.314 e. The van der Waals surface area contributed by atoms with Crippen molar-refractivity contribution in [2.24, 2.45) is 23.7 Å². The third-order valence-corrected chi connectivity index (χ3v) is 4.28. The smallest absolute Gasteiger partial charge is 0.314 e. The molecule has 0 bridgehead atoms. The molecule has 1 heterocycles. The van der Waals surface area contributed by atoms with Crippen LogP contribution in [0.25, 0.3) is 0 Å². The van der Waals surface area contributed by atoms with E-state index >= 15 is 0 Å². The number of hydrogen-bond acceptors (Lipinski definition) is 6. The Kier molecular flexibility index (Phi) is 3.91. The van der Waals surface area contributed by atoms with E-state index < -0.39 is 30.6 Å². The predicted octanol–water partition coefficient (Wildman–Crippen LogP) is -0.270. The lowest BCUT2D eigenvalue weighted by molar-refractivity contribution is -0.299. The molecule has 0 unspecified atom stereocenters. The van der Waals surface area contributed by atoms with Crippen molar-refractivity contribution < 1.29 is 29.2 Å². The van der Waals surface area contributed by atoms with Gasteiger partial charge in [0.1, 0.15) is 5.92 Å². The number of rotatable bonds is 2.